The normalized spacial score (nSPS) is 15.0. The van der Waals surface area contributed by atoms with Gasteiger partial charge in [0, 0.05) is 33.1 Å². The minimum absolute atomic E-state index is 0. The Labute approximate surface area is 195 Å². The standard InChI is InChI=1S/C23H29FN4O.HI/c1-16-9-10-20(13-21(16)24)17(2)27-23(25-3)26-14-18-6-4-7-19(12-18)15-28-11-5-8-22(28)29;/h4,6-7,9-10,12-13,17H,5,8,11,14-15H2,1-3H3,(H2,25,26,27);1H. The predicted octanol–water partition coefficient (Wildman–Crippen LogP) is 4.30. The van der Waals surface area contributed by atoms with E-state index >= 15 is 0 Å². The summed E-state index contributed by atoms with van der Waals surface area (Å²) >= 11 is 0. The molecule has 0 aliphatic carbocycles. The lowest BCUT2D eigenvalue weighted by Gasteiger charge is -2.19. The molecule has 1 fully saturated rings. The number of halogens is 2. The number of nitrogens with zero attached hydrogens (tertiary/aromatic N) is 2. The second-order valence-corrected chi connectivity index (χ2v) is 7.54. The van der Waals surface area contributed by atoms with Crippen molar-refractivity contribution in [3.8, 4) is 0 Å². The van der Waals surface area contributed by atoms with Gasteiger partial charge in [0.2, 0.25) is 5.91 Å². The van der Waals surface area contributed by atoms with Crippen LogP contribution in [0.5, 0.6) is 0 Å². The summed E-state index contributed by atoms with van der Waals surface area (Å²) in [6.07, 6.45) is 1.61. The zero-order chi connectivity index (χ0) is 20.8. The van der Waals surface area contributed by atoms with Crippen molar-refractivity contribution >= 4 is 35.8 Å². The highest BCUT2D eigenvalue weighted by Crippen LogP contribution is 2.17. The van der Waals surface area contributed by atoms with Gasteiger partial charge in [-0.25, -0.2) is 4.39 Å². The highest BCUT2D eigenvalue weighted by Gasteiger charge is 2.20. The number of benzene rings is 2. The summed E-state index contributed by atoms with van der Waals surface area (Å²) in [7, 11) is 1.72. The van der Waals surface area contributed by atoms with E-state index in [1.54, 1.807) is 26.1 Å². The van der Waals surface area contributed by atoms with E-state index in [-0.39, 0.29) is 41.7 Å². The highest BCUT2D eigenvalue weighted by molar-refractivity contribution is 14.0. The Bertz CT molecular complexity index is 903. The predicted molar refractivity (Wildman–Crippen MR) is 129 cm³/mol. The van der Waals surface area contributed by atoms with E-state index in [4.69, 9.17) is 0 Å². The average molecular weight is 524 g/mol. The Morgan fingerprint density at radius 1 is 1.23 bits per heavy atom. The molecule has 0 saturated carbocycles. The van der Waals surface area contributed by atoms with Crippen LogP contribution in [0, 0.1) is 12.7 Å². The van der Waals surface area contributed by atoms with Crippen LogP contribution in [0.15, 0.2) is 47.5 Å². The first-order chi connectivity index (χ1) is 14.0. The molecule has 1 atom stereocenters. The molecule has 0 bridgehead atoms. The van der Waals surface area contributed by atoms with Crippen molar-refractivity contribution in [1.29, 1.82) is 0 Å². The van der Waals surface area contributed by atoms with E-state index in [0.29, 0.717) is 31.0 Å². The molecule has 2 aromatic carbocycles. The monoisotopic (exact) mass is 524 g/mol. The molecule has 0 spiro atoms. The molecule has 1 saturated heterocycles. The number of aliphatic imine (C=N–C) groups is 1. The van der Waals surface area contributed by atoms with E-state index in [0.717, 1.165) is 29.7 Å². The first-order valence-corrected chi connectivity index (χ1v) is 10.0. The first kappa shape index (κ1) is 24.1. The molecule has 1 heterocycles. The Morgan fingerprint density at radius 3 is 2.67 bits per heavy atom. The van der Waals surface area contributed by atoms with E-state index < -0.39 is 0 Å². The lowest BCUT2D eigenvalue weighted by atomic mass is 10.1. The summed E-state index contributed by atoms with van der Waals surface area (Å²) in [5, 5.41) is 6.60. The fourth-order valence-corrected chi connectivity index (χ4v) is 3.48. The van der Waals surface area contributed by atoms with Crippen LogP contribution in [0.1, 0.15) is 48.1 Å². The number of hydrogen-bond donors (Lipinski definition) is 2. The van der Waals surface area contributed by atoms with Gasteiger partial charge >= 0.3 is 0 Å². The van der Waals surface area contributed by atoms with Crippen molar-refractivity contribution in [2.75, 3.05) is 13.6 Å². The molecule has 1 amide bonds. The SMILES string of the molecule is CN=C(NCc1cccc(CN2CCCC2=O)c1)NC(C)c1ccc(C)c(F)c1.I. The van der Waals surface area contributed by atoms with E-state index in [9.17, 15) is 9.18 Å². The molecule has 1 unspecified atom stereocenters. The number of amides is 1. The lowest BCUT2D eigenvalue weighted by molar-refractivity contribution is -0.128. The molecule has 5 nitrogen and oxygen atoms in total. The minimum Gasteiger partial charge on any atom is -0.352 e. The van der Waals surface area contributed by atoms with Crippen LogP contribution in [-0.2, 0) is 17.9 Å². The van der Waals surface area contributed by atoms with Gasteiger partial charge in [-0.2, -0.15) is 0 Å². The zero-order valence-corrected chi connectivity index (χ0v) is 20.1. The third-order valence-corrected chi connectivity index (χ3v) is 5.27. The Balaban J connectivity index is 0.00000320. The van der Waals surface area contributed by atoms with E-state index in [1.807, 2.05) is 30.0 Å². The van der Waals surface area contributed by atoms with Crippen molar-refractivity contribution in [2.45, 2.75) is 45.8 Å². The quantitative estimate of drug-likeness (QED) is 0.337. The van der Waals surface area contributed by atoms with Gasteiger partial charge in [-0.15, -0.1) is 24.0 Å². The summed E-state index contributed by atoms with van der Waals surface area (Å²) in [6, 6.07) is 13.4. The number of guanidine groups is 1. The van der Waals surface area contributed by atoms with Gasteiger partial charge in [-0.1, -0.05) is 36.4 Å². The summed E-state index contributed by atoms with van der Waals surface area (Å²) < 4.78 is 13.8. The second kappa shape index (κ2) is 11.3. The van der Waals surface area contributed by atoms with Gasteiger partial charge in [0.05, 0.1) is 6.04 Å². The maximum absolute atomic E-state index is 13.8. The number of carbonyl (C=O) groups is 1. The molecule has 162 valence electrons. The number of carbonyl (C=O) groups excluding carboxylic acids is 1. The van der Waals surface area contributed by atoms with Gasteiger partial charge in [0.1, 0.15) is 5.82 Å². The number of hydrogen-bond acceptors (Lipinski definition) is 2. The van der Waals surface area contributed by atoms with Crippen molar-refractivity contribution in [3.63, 3.8) is 0 Å². The second-order valence-electron chi connectivity index (χ2n) is 7.54. The maximum Gasteiger partial charge on any atom is 0.222 e. The lowest BCUT2D eigenvalue weighted by Crippen LogP contribution is -2.38. The van der Waals surface area contributed by atoms with E-state index in [1.165, 1.54) is 0 Å². The molecule has 7 heteroatoms. The van der Waals surface area contributed by atoms with Gasteiger partial charge in [0.25, 0.3) is 0 Å². The summed E-state index contributed by atoms with van der Waals surface area (Å²) in [6.45, 7) is 5.84. The Kier molecular flexibility index (Phi) is 9.08. The van der Waals surface area contributed by atoms with Crippen LogP contribution in [0.25, 0.3) is 0 Å². The van der Waals surface area contributed by atoms with Gasteiger partial charge < -0.3 is 15.5 Å². The fraction of sp³-hybridized carbons (Fsp3) is 0.391. The number of rotatable bonds is 6. The fourth-order valence-electron chi connectivity index (χ4n) is 3.48. The van der Waals surface area contributed by atoms with Crippen molar-refractivity contribution in [2.24, 2.45) is 4.99 Å². The van der Waals surface area contributed by atoms with Gasteiger partial charge in [-0.05, 0) is 48.6 Å². The number of nitrogens with one attached hydrogen (secondary N) is 2. The zero-order valence-electron chi connectivity index (χ0n) is 17.7. The van der Waals surface area contributed by atoms with Crippen LogP contribution in [0.4, 0.5) is 4.39 Å². The molecule has 2 N–H and O–H groups in total. The molecular formula is C23H30FIN4O. The summed E-state index contributed by atoms with van der Waals surface area (Å²) in [5.74, 6) is 0.686. The molecular weight excluding hydrogens is 494 g/mol. The molecule has 3 rings (SSSR count). The van der Waals surface area contributed by atoms with Crippen LogP contribution in [0.2, 0.25) is 0 Å². The Morgan fingerprint density at radius 2 is 2.00 bits per heavy atom. The van der Waals surface area contributed by atoms with Crippen LogP contribution in [0.3, 0.4) is 0 Å². The topological polar surface area (TPSA) is 56.7 Å². The number of aryl methyl sites for hydroxylation is 1. The van der Waals surface area contributed by atoms with Crippen LogP contribution < -0.4 is 10.6 Å². The van der Waals surface area contributed by atoms with Crippen molar-refractivity contribution in [1.82, 2.24) is 15.5 Å². The maximum atomic E-state index is 13.8. The molecule has 1 aliphatic heterocycles. The third-order valence-electron chi connectivity index (χ3n) is 5.27. The van der Waals surface area contributed by atoms with Crippen molar-refractivity contribution < 1.29 is 9.18 Å². The molecule has 1 aliphatic rings. The summed E-state index contributed by atoms with van der Waals surface area (Å²) in [4.78, 5) is 18.0. The largest absolute Gasteiger partial charge is 0.352 e. The van der Waals surface area contributed by atoms with Crippen LogP contribution in [-0.4, -0.2) is 30.4 Å². The molecule has 2 aromatic rings. The minimum atomic E-state index is -0.201. The third kappa shape index (κ3) is 6.42. The molecule has 30 heavy (non-hydrogen) atoms. The van der Waals surface area contributed by atoms with Gasteiger partial charge in [-0.3, -0.25) is 9.79 Å². The first-order valence-electron chi connectivity index (χ1n) is 10.0. The van der Waals surface area contributed by atoms with E-state index in [2.05, 4.69) is 27.8 Å². The number of likely N-dealkylation sites (tertiary alicyclic amines) is 1. The highest BCUT2D eigenvalue weighted by atomic mass is 127. The summed E-state index contributed by atoms with van der Waals surface area (Å²) in [5.41, 5.74) is 3.75. The molecule has 0 aromatic heterocycles. The van der Waals surface area contributed by atoms with Crippen LogP contribution >= 0.6 is 24.0 Å². The molecule has 0 radical (unpaired) electrons. The smallest absolute Gasteiger partial charge is 0.222 e. The Hall–Kier alpha value is -2.16. The van der Waals surface area contributed by atoms with Crippen molar-refractivity contribution in [3.05, 3.63) is 70.5 Å². The average Bonchev–Trinajstić information content (AvgIpc) is 3.11. The van der Waals surface area contributed by atoms with Gasteiger partial charge in [0.15, 0.2) is 5.96 Å².